The second kappa shape index (κ2) is 6.10. The maximum atomic E-state index is 11.2. The van der Waals surface area contributed by atoms with Gasteiger partial charge in [-0.05, 0) is 0 Å². The number of nitrogen functional groups attached to an aromatic ring is 1. The van der Waals surface area contributed by atoms with Crippen LogP contribution in [0.3, 0.4) is 0 Å². The Labute approximate surface area is 93.6 Å². The van der Waals surface area contributed by atoms with E-state index in [4.69, 9.17) is 11.5 Å². The molecule has 0 aromatic carbocycles. The van der Waals surface area contributed by atoms with Gasteiger partial charge in [0.15, 0.2) is 0 Å². The van der Waals surface area contributed by atoms with E-state index in [0.29, 0.717) is 24.6 Å². The van der Waals surface area contributed by atoms with Gasteiger partial charge in [0, 0.05) is 20.1 Å². The number of rotatable bonds is 3. The first-order valence-corrected chi connectivity index (χ1v) is 4.17. The monoisotopic (exact) mass is 234 g/mol. The van der Waals surface area contributed by atoms with Crippen molar-refractivity contribution in [2.24, 2.45) is 12.8 Å². The lowest BCUT2D eigenvalue weighted by atomic mass is 10.5. The maximum Gasteiger partial charge on any atom is 0.319 e. The normalized spacial score (nSPS) is 9.20. The van der Waals surface area contributed by atoms with Crippen LogP contribution >= 0.6 is 12.4 Å². The lowest BCUT2D eigenvalue weighted by Crippen LogP contribution is -2.32. The van der Waals surface area contributed by atoms with Crippen molar-refractivity contribution < 1.29 is 4.79 Å². The van der Waals surface area contributed by atoms with Crippen molar-refractivity contribution in [1.29, 1.82) is 0 Å². The summed E-state index contributed by atoms with van der Waals surface area (Å²) in [6.45, 7) is 0.821. The minimum absolute atomic E-state index is 0. The van der Waals surface area contributed by atoms with Crippen LogP contribution in [-0.2, 0) is 7.05 Å². The number of halogens is 1. The largest absolute Gasteiger partial charge is 0.382 e. The van der Waals surface area contributed by atoms with Crippen molar-refractivity contribution in [2.45, 2.75) is 0 Å². The van der Waals surface area contributed by atoms with Crippen LogP contribution in [0.1, 0.15) is 0 Å². The number of carbonyl (C=O) groups is 1. The quantitative estimate of drug-likeness (QED) is 0.565. The van der Waals surface area contributed by atoms with Crippen molar-refractivity contribution in [1.82, 2.24) is 15.1 Å². The van der Waals surface area contributed by atoms with Crippen molar-refractivity contribution >= 4 is 29.9 Å². The Morgan fingerprint density at radius 1 is 1.67 bits per heavy atom. The number of aromatic nitrogens is 2. The highest BCUT2D eigenvalue weighted by molar-refractivity contribution is 5.91. The predicted octanol–water partition coefficient (Wildman–Crippen LogP) is -0.496. The zero-order valence-corrected chi connectivity index (χ0v) is 9.17. The number of urea groups is 1. The highest BCUT2D eigenvalue weighted by Crippen LogP contribution is 2.14. The molecule has 0 saturated carbocycles. The van der Waals surface area contributed by atoms with E-state index in [1.165, 1.54) is 10.9 Å². The molecule has 15 heavy (non-hydrogen) atoms. The Bertz CT molecular complexity index is 325. The Kier molecular flexibility index (Phi) is 5.50. The van der Waals surface area contributed by atoms with Gasteiger partial charge in [-0.3, -0.25) is 4.68 Å². The maximum absolute atomic E-state index is 11.2. The van der Waals surface area contributed by atoms with Gasteiger partial charge in [0.1, 0.15) is 11.5 Å². The fourth-order valence-electron chi connectivity index (χ4n) is 0.896. The van der Waals surface area contributed by atoms with Gasteiger partial charge in [-0.2, -0.15) is 5.10 Å². The predicted molar refractivity (Wildman–Crippen MR) is 60.9 cm³/mol. The molecule has 0 radical (unpaired) electrons. The van der Waals surface area contributed by atoms with Crippen LogP contribution in [-0.4, -0.2) is 28.9 Å². The summed E-state index contributed by atoms with van der Waals surface area (Å²) in [5.41, 5.74) is 11.3. The van der Waals surface area contributed by atoms with Gasteiger partial charge in [0.2, 0.25) is 0 Å². The second-order valence-electron chi connectivity index (χ2n) is 2.74. The molecule has 1 heterocycles. The summed E-state index contributed by atoms with van der Waals surface area (Å²) >= 11 is 0. The molecule has 0 atom stereocenters. The minimum Gasteiger partial charge on any atom is -0.382 e. The zero-order valence-electron chi connectivity index (χ0n) is 8.36. The van der Waals surface area contributed by atoms with Gasteiger partial charge >= 0.3 is 6.03 Å². The average molecular weight is 235 g/mol. The van der Waals surface area contributed by atoms with E-state index in [1.807, 2.05) is 0 Å². The molecule has 86 valence electrons. The Morgan fingerprint density at radius 3 is 2.80 bits per heavy atom. The number of nitrogens with one attached hydrogen (secondary N) is 2. The number of nitrogens with zero attached hydrogens (tertiary/aromatic N) is 2. The van der Waals surface area contributed by atoms with Crippen LogP contribution in [0.2, 0.25) is 0 Å². The van der Waals surface area contributed by atoms with Crippen molar-refractivity contribution in [2.75, 3.05) is 24.1 Å². The topological polar surface area (TPSA) is 111 Å². The highest BCUT2D eigenvalue weighted by atomic mass is 35.5. The third-order valence-corrected chi connectivity index (χ3v) is 1.66. The first-order valence-electron chi connectivity index (χ1n) is 4.17. The number of nitrogens with two attached hydrogens (primary N) is 2. The molecule has 2 amide bonds. The van der Waals surface area contributed by atoms with Crippen molar-refractivity contribution in [3.63, 3.8) is 0 Å². The molecule has 0 aliphatic rings. The Hall–Kier alpha value is -1.47. The van der Waals surface area contributed by atoms with E-state index in [-0.39, 0.29) is 18.4 Å². The molecule has 7 nitrogen and oxygen atoms in total. The standard InChI is InChI=1S/C7H14N6O.ClH/c1-13-6(9)5(4-11-13)12-7(14)10-3-2-8;/h4H,2-3,8-9H2,1H3,(H2,10,12,14);1H. The van der Waals surface area contributed by atoms with Crippen LogP contribution in [0, 0.1) is 0 Å². The number of anilines is 2. The molecule has 0 fully saturated rings. The Morgan fingerprint density at radius 2 is 2.33 bits per heavy atom. The fourth-order valence-corrected chi connectivity index (χ4v) is 0.896. The molecule has 0 bridgehead atoms. The molecule has 0 saturated heterocycles. The lowest BCUT2D eigenvalue weighted by molar-refractivity contribution is 0.252. The molecule has 1 aromatic rings. The van der Waals surface area contributed by atoms with E-state index in [9.17, 15) is 4.79 Å². The second-order valence-corrected chi connectivity index (χ2v) is 2.74. The number of aryl methyl sites for hydroxylation is 1. The van der Waals surface area contributed by atoms with Crippen molar-refractivity contribution in [3.05, 3.63) is 6.20 Å². The summed E-state index contributed by atoms with van der Waals surface area (Å²) in [7, 11) is 1.69. The summed E-state index contributed by atoms with van der Waals surface area (Å²) in [5, 5.41) is 8.98. The number of carbonyl (C=O) groups excluding carboxylic acids is 1. The van der Waals surface area contributed by atoms with Crippen LogP contribution in [0.25, 0.3) is 0 Å². The number of hydrogen-bond acceptors (Lipinski definition) is 4. The van der Waals surface area contributed by atoms with Gasteiger partial charge in [0.05, 0.1) is 6.20 Å². The first-order chi connectivity index (χ1) is 6.65. The summed E-state index contributed by atoms with van der Waals surface area (Å²) in [6, 6.07) is -0.338. The SMILES string of the molecule is Cl.Cn1ncc(NC(=O)NCCN)c1N. The summed E-state index contributed by atoms with van der Waals surface area (Å²) in [6.07, 6.45) is 1.48. The number of amides is 2. The molecule has 1 rings (SSSR count). The van der Waals surface area contributed by atoms with Gasteiger partial charge in [-0.15, -0.1) is 12.4 Å². The molecule has 0 aliphatic heterocycles. The third kappa shape index (κ3) is 3.64. The smallest absolute Gasteiger partial charge is 0.319 e. The average Bonchev–Trinajstić information content (AvgIpc) is 2.46. The van der Waals surface area contributed by atoms with Crippen LogP contribution in [0.5, 0.6) is 0 Å². The molecule has 6 N–H and O–H groups in total. The molecule has 8 heteroatoms. The molecule has 0 aliphatic carbocycles. The molecule has 0 unspecified atom stereocenters. The van der Waals surface area contributed by atoms with Crippen LogP contribution in [0.15, 0.2) is 6.20 Å². The molecular formula is C7H15ClN6O. The van der Waals surface area contributed by atoms with E-state index in [2.05, 4.69) is 15.7 Å². The van der Waals surface area contributed by atoms with Crippen LogP contribution in [0.4, 0.5) is 16.3 Å². The van der Waals surface area contributed by atoms with E-state index >= 15 is 0 Å². The third-order valence-electron chi connectivity index (χ3n) is 1.66. The van der Waals surface area contributed by atoms with Gasteiger partial charge in [-0.25, -0.2) is 4.79 Å². The molecule has 1 aromatic heterocycles. The van der Waals surface area contributed by atoms with Crippen LogP contribution < -0.4 is 22.1 Å². The van der Waals surface area contributed by atoms with Crippen molar-refractivity contribution in [3.8, 4) is 0 Å². The summed E-state index contributed by atoms with van der Waals surface area (Å²) in [4.78, 5) is 11.2. The molecule has 0 spiro atoms. The zero-order chi connectivity index (χ0) is 10.6. The summed E-state index contributed by atoms with van der Waals surface area (Å²) < 4.78 is 1.47. The van der Waals surface area contributed by atoms with Gasteiger partial charge in [0.25, 0.3) is 0 Å². The highest BCUT2D eigenvalue weighted by Gasteiger charge is 2.07. The summed E-state index contributed by atoms with van der Waals surface area (Å²) in [5.74, 6) is 0.410. The first kappa shape index (κ1) is 13.5. The number of hydrogen-bond donors (Lipinski definition) is 4. The van der Waals surface area contributed by atoms with Gasteiger partial charge in [-0.1, -0.05) is 0 Å². The Balaban J connectivity index is 0.00000196. The van der Waals surface area contributed by atoms with E-state index in [1.54, 1.807) is 7.05 Å². The minimum atomic E-state index is -0.338. The van der Waals surface area contributed by atoms with Gasteiger partial charge < -0.3 is 22.1 Å². The van der Waals surface area contributed by atoms with E-state index < -0.39 is 0 Å². The van der Waals surface area contributed by atoms with E-state index in [0.717, 1.165) is 0 Å². The molecular weight excluding hydrogens is 220 g/mol. The lowest BCUT2D eigenvalue weighted by Gasteiger charge is -2.05. The fraction of sp³-hybridized carbons (Fsp3) is 0.429.